The van der Waals surface area contributed by atoms with Crippen LogP contribution in [0, 0.1) is 5.92 Å². The second-order valence-corrected chi connectivity index (χ2v) is 4.93. The SMILES string of the molecule is CC(C)[C@@H](NC(=O)c1csc(C(F)(F)F)n1)C(=O)O. The van der Waals surface area contributed by atoms with Gasteiger partial charge in [0.25, 0.3) is 5.91 Å². The molecule has 0 fully saturated rings. The highest BCUT2D eigenvalue weighted by atomic mass is 32.1. The predicted octanol–water partition coefficient (Wildman–Crippen LogP) is 2.00. The van der Waals surface area contributed by atoms with Gasteiger partial charge in [-0.2, -0.15) is 13.2 Å². The summed E-state index contributed by atoms with van der Waals surface area (Å²) in [6, 6.07) is -1.18. The van der Waals surface area contributed by atoms with Gasteiger partial charge in [-0.1, -0.05) is 13.8 Å². The van der Waals surface area contributed by atoms with Crippen molar-refractivity contribution in [3.05, 3.63) is 16.1 Å². The van der Waals surface area contributed by atoms with Crippen LogP contribution >= 0.6 is 11.3 Å². The molecule has 1 atom stereocenters. The fourth-order valence-corrected chi connectivity index (χ4v) is 1.90. The first-order valence-electron chi connectivity index (χ1n) is 5.19. The molecule has 0 aliphatic heterocycles. The van der Waals surface area contributed by atoms with Gasteiger partial charge in [0.2, 0.25) is 0 Å². The Labute approximate surface area is 110 Å². The average Bonchev–Trinajstić information content (AvgIpc) is 2.73. The van der Waals surface area contributed by atoms with E-state index in [0.29, 0.717) is 0 Å². The van der Waals surface area contributed by atoms with E-state index < -0.39 is 40.7 Å². The molecule has 0 unspecified atom stereocenters. The number of carbonyl (C=O) groups is 2. The highest BCUT2D eigenvalue weighted by Crippen LogP contribution is 2.31. The topological polar surface area (TPSA) is 79.3 Å². The maximum Gasteiger partial charge on any atom is 0.443 e. The number of nitrogens with one attached hydrogen (secondary N) is 1. The summed E-state index contributed by atoms with van der Waals surface area (Å²) in [5.74, 6) is -2.59. The third-order valence-electron chi connectivity index (χ3n) is 2.20. The van der Waals surface area contributed by atoms with Crippen LogP contribution in [0.1, 0.15) is 29.3 Å². The third-order valence-corrected chi connectivity index (χ3v) is 3.09. The van der Waals surface area contributed by atoms with E-state index in [0.717, 1.165) is 5.38 Å². The van der Waals surface area contributed by atoms with E-state index in [1.54, 1.807) is 13.8 Å². The number of amides is 1. The van der Waals surface area contributed by atoms with Gasteiger partial charge in [0.15, 0.2) is 5.01 Å². The Morgan fingerprint density at radius 2 is 2.00 bits per heavy atom. The summed E-state index contributed by atoms with van der Waals surface area (Å²) in [4.78, 5) is 25.6. The van der Waals surface area contributed by atoms with Crippen molar-refractivity contribution in [3.8, 4) is 0 Å². The second-order valence-electron chi connectivity index (χ2n) is 4.07. The van der Waals surface area contributed by atoms with E-state index in [1.807, 2.05) is 0 Å². The summed E-state index contributed by atoms with van der Waals surface area (Å²) in [5.41, 5.74) is -0.441. The lowest BCUT2D eigenvalue weighted by Crippen LogP contribution is -2.44. The highest BCUT2D eigenvalue weighted by molar-refractivity contribution is 7.09. The Balaban J connectivity index is 2.84. The number of halogens is 3. The first-order valence-corrected chi connectivity index (χ1v) is 6.07. The van der Waals surface area contributed by atoms with Crippen LogP contribution in [-0.4, -0.2) is 28.0 Å². The van der Waals surface area contributed by atoms with E-state index >= 15 is 0 Å². The van der Waals surface area contributed by atoms with E-state index in [9.17, 15) is 22.8 Å². The van der Waals surface area contributed by atoms with Crippen molar-refractivity contribution >= 4 is 23.2 Å². The molecule has 19 heavy (non-hydrogen) atoms. The zero-order valence-corrected chi connectivity index (χ0v) is 10.8. The molecular weight excluding hydrogens is 285 g/mol. The summed E-state index contributed by atoms with van der Waals surface area (Å²) in [6.45, 7) is 3.14. The minimum absolute atomic E-state index is 0.284. The molecule has 2 N–H and O–H groups in total. The Kier molecular flexibility index (Phi) is 4.51. The quantitative estimate of drug-likeness (QED) is 0.890. The molecule has 0 saturated heterocycles. The Hall–Kier alpha value is -1.64. The average molecular weight is 296 g/mol. The number of rotatable bonds is 4. The van der Waals surface area contributed by atoms with Crippen LogP contribution in [0.2, 0.25) is 0 Å². The van der Waals surface area contributed by atoms with Gasteiger partial charge in [-0.05, 0) is 5.92 Å². The molecule has 1 heterocycles. The minimum Gasteiger partial charge on any atom is -0.480 e. The predicted molar refractivity (Wildman–Crippen MR) is 60.8 cm³/mol. The number of hydrogen-bond acceptors (Lipinski definition) is 4. The summed E-state index contributed by atoms with van der Waals surface area (Å²) in [7, 11) is 0. The number of aromatic nitrogens is 1. The molecule has 1 aromatic heterocycles. The largest absolute Gasteiger partial charge is 0.480 e. The van der Waals surface area contributed by atoms with E-state index in [4.69, 9.17) is 5.11 Å². The molecule has 1 amide bonds. The van der Waals surface area contributed by atoms with Crippen LogP contribution in [0.15, 0.2) is 5.38 Å². The third kappa shape index (κ3) is 3.91. The molecule has 0 saturated carbocycles. The van der Waals surface area contributed by atoms with Crippen molar-refractivity contribution in [2.75, 3.05) is 0 Å². The molecule has 1 aromatic rings. The molecule has 1 rings (SSSR count). The molecule has 0 radical (unpaired) electrons. The first kappa shape index (κ1) is 15.4. The lowest BCUT2D eigenvalue weighted by atomic mass is 10.0. The lowest BCUT2D eigenvalue weighted by molar-refractivity contribution is -0.140. The summed E-state index contributed by atoms with van der Waals surface area (Å²) in [6.07, 6.45) is -4.62. The molecule has 0 aliphatic rings. The lowest BCUT2D eigenvalue weighted by Gasteiger charge is -2.16. The van der Waals surface area contributed by atoms with Gasteiger partial charge >= 0.3 is 12.1 Å². The number of carbonyl (C=O) groups excluding carboxylic acids is 1. The van der Waals surface area contributed by atoms with Crippen LogP contribution in [0.3, 0.4) is 0 Å². The minimum atomic E-state index is -4.62. The van der Waals surface area contributed by atoms with Gasteiger partial charge in [-0.25, -0.2) is 9.78 Å². The van der Waals surface area contributed by atoms with Gasteiger partial charge in [-0.3, -0.25) is 4.79 Å². The number of carboxylic acids is 1. The van der Waals surface area contributed by atoms with E-state index in [1.165, 1.54) is 0 Å². The van der Waals surface area contributed by atoms with Gasteiger partial charge < -0.3 is 10.4 Å². The zero-order chi connectivity index (χ0) is 14.8. The molecular formula is C10H11F3N2O3S. The van der Waals surface area contributed by atoms with Crippen molar-refractivity contribution in [1.82, 2.24) is 10.3 Å². The number of hydrogen-bond donors (Lipinski definition) is 2. The van der Waals surface area contributed by atoms with Crippen LogP contribution in [0.25, 0.3) is 0 Å². The van der Waals surface area contributed by atoms with E-state index in [-0.39, 0.29) is 11.3 Å². The smallest absolute Gasteiger partial charge is 0.443 e. The Morgan fingerprint density at radius 3 is 2.37 bits per heavy atom. The molecule has 9 heteroatoms. The standard InChI is InChI=1S/C10H11F3N2O3S/c1-4(2)6(8(17)18)15-7(16)5-3-19-9(14-5)10(11,12)13/h3-4,6H,1-2H3,(H,15,16)(H,17,18)/t6-/m1/s1. The van der Waals surface area contributed by atoms with Gasteiger partial charge in [0.1, 0.15) is 11.7 Å². The fourth-order valence-electron chi connectivity index (χ4n) is 1.24. The first-order chi connectivity index (χ1) is 8.62. The van der Waals surface area contributed by atoms with Crippen molar-refractivity contribution in [3.63, 3.8) is 0 Å². The van der Waals surface area contributed by atoms with Gasteiger partial charge in [0.05, 0.1) is 0 Å². The zero-order valence-electron chi connectivity index (χ0n) is 9.99. The molecule has 106 valence electrons. The summed E-state index contributed by atoms with van der Waals surface area (Å²) >= 11 is 0.284. The Morgan fingerprint density at radius 1 is 1.42 bits per heavy atom. The molecule has 0 spiro atoms. The Bertz CT molecular complexity index is 485. The maximum atomic E-state index is 12.3. The van der Waals surface area contributed by atoms with E-state index in [2.05, 4.69) is 10.3 Å². The van der Waals surface area contributed by atoms with Crippen molar-refractivity contribution in [1.29, 1.82) is 0 Å². The number of alkyl halides is 3. The van der Waals surface area contributed by atoms with Crippen LogP contribution < -0.4 is 5.32 Å². The summed E-state index contributed by atoms with van der Waals surface area (Å²) < 4.78 is 36.9. The van der Waals surface area contributed by atoms with Crippen LogP contribution in [-0.2, 0) is 11.0 Å². The van der Waals surface area contributed by atoms with Crippen molar-refractivity contribution in [2.45, 2.75) is 26.1 Å². The number of nitrogens with zero attached hydrogens (tertiary/aromatic N) is 1. The van der Waals surface area contributed by atoms with Crippen molar-refractivity contribution < 1.29 is 27.9 Å². The molecule has 5 nitrogen and oxygen atoms in total. The number of thiazole rings is 1. The van der Waals surface area contributed by atoms with Crippen LogP contribution in [0.4, 0.5) is 13.2 Å². The number of aliphatic carboxylic acids is 1. The summed E-state index contributed by atoms with van der Waals surface area (Å²) in [5, 5.41) is 10.8. The number of carboxylic acid groups (broad SMARTS) is 1. The van der Waals surface area contributed by atoms with Crippen LogP contribution in [0.5, 0.6) is 0 Å². The van der Waals surface area contributed by atoms with Crippen molar-refractivity contribution in [2.24, 2.45) is 5.92 Å². The molecule has 0 bridgehead atoms. The molecule has 0 aromatic carbocycles. The maximum absolute atomic E-state index is 12.3. The van der Waals surface area contributed by atoms with Gasteiger partial charge in [0, 0.05) is 5.38 Å². The monoisotopic (exact) mass is 296 g/mol. The highest BCUT2D eigenvalue weighted by Gasteiger charge is 2.35. The normalized spacial score (nSPS) is 13.4. The fraction of sp³-hybridized carbons (Fsp3) is 0.500. The van der Waals surface area contributed by atoms with Gasteiger partial charge in [-0.15, -0.1) is 11.3 Å². The molecule has 0 aliphatic carbocycles. The second kappa shape index (κ2) is 5.55.